The van der Waals surface area contributed by atoms with Gasteiger partial charge in [-0.05, 0) is 55.3 Å². The summed E-state index contributed by atoms with van der Waals surface area (Å²) in [7, 11) is 0. The van der Waals surface area contributed by atoms with E-state index >= 15 is 0 Å². The smallest absolute Gasteiger partial charge is 0.261 e. The second-order valence-corrected chi connectivity index (χ2v) is 7.12. The molecule has 3 heterocycles. The first-order valence-corrected chi connectivity index (χ1v) is 8.73. The standard InChI is InChI=1S/C17H16N4O2S/c18-8-12-9-23-17(20-12)24-13-4-1-10(2-5-13)16(22)21-15-7-11-3-6-14(15)19-11/h1-2,4-5,9,11,14-15,19H,3,6-7H2,(H,21,22)/t11-,14+,15-/m1/s1. The van der Waals surface area contributed by atoms with Gasteiger partial charge < -0.3 is 15.1 Å². The topological polar surface area (TPSA) is 91.0 Å². The van der Waals surface area contributed by atoms with E-state index in [1.165, 1.54) is 24.4 Å². The van der Waals surface area contributed by atoms with Crippen LogP contribution in [0, 0.1) is 11.3 Å². The zero-order valence-corrected chi connectivity index (χ0v) is 13.7. The Labute approximate surface area is 143 Å². The Kier molecular flexibility index (Phi) is 4.00. The molecule has 1 aromatic heterocycles. The Morgan fingerprint density at radius 2 is 2.21 bits per heavy atom. The summed E-state index contributed by atoms with van der Waals surface area (Å²) >= 11 is 1.32. The van der Waals surface area contributed by atoms with Crippen molar-refractivity contribution in [2.75, 3.05) is 0 Å². The first-order chi connectivity index (χ1) is 11.7. The molecule has 2 aromatic rings. The predicted molar refractivity (Wildman–Crippen MR) is 87.6 cm³/mol. The van der Waals surface area contributed by atoms with Gasteiger partial charge in [0.25, 0.3) is 11.1 Å². The van der Waals surface area contributed by atoms with Gasteiger partial charge in [-0.3, -0.25) is 4.79 Å². The molecule has 3 atom stereocenters. The molecule has 6 nitrogen and oxygen atoms in total. The van der Waals surface area contributed by atoms with E-state index in [2.05, 4.69) is 15.6 Å². The lowest BCUT2D eigenvalue weighted by molar-refractivity contribution is 0.0931. The van der Waals surface area contributed by atoms with Crippen molar-refractivity contribution in [3.8, 4) is 6.07 Å². The number of aromatic nitrogens is 1. The van der Waals surface area contributed by atoms with Crippen molar-refractivity contribution in [3.05, 3.63) is 41.8 Å². The third-order valence-corrected chi connectivity index (χ3v) is 5.41. The maximum atomic E-state index is 12.4. The van der Waals surface area contributed by atoms with Gasteiger partial charge in [-0.15, -0.1) is 0 Å². The summed E-state index contributed by atoms with van der Waals surface area (Å²) in [5, 5.41) is 15.8. The van der Waals surface area contributed by atoms with Crippen molar-refractivity contribution in [3.63, 3.8) is 0 Å². The van der Waals surface area contributed by atoms with Gasteiger partial charge in [0.05, 0.1) is 0 Å². The van der Waals surface area contributed by atoms with E-state index in [0.717, 1.165) is 17.7 Å². The molecule has 2 N–H and O–H groups in total. The Balaban J connectivity index is 1.38. The number of amides is 1. The number of nitriles is 1. The molecule has 0 spiro atoms. The fraction of sp³-hybridized carbons (Fsp3) is 0.353. The monoisotopic (exact) mass is 340 g/mol. The van der Waals surface area contributed by atoms with E-state index in [1.54, 1.807) is 12.1 Å². The molecule has 1 aromatic carbocycles. The number of hydrogen-bond donors (Lipinski definition) is 2. The molecule has 2 aliphatic rings. The highest BCUT2D eigenvalue weighted by Gasteiger charge is 2.39. The van der Waals surface area contributed by atoms with Crippen LogP contribution in [-0.2, 0) is 0 Å². The molecular weight excluding hydrogens is 324 g/mol. The van der Waals surface area contributed by atoms with Crippen molar-refractivity contribution in [2.24, 2.45) is 0 Å². The van der Waals surface area contributed by atoms with Crippen molar-refractivity contribution in [1.29, 1.82) is 5.26 Å². The molecule has 122 valence electrons. The van der Waals surface area contributed by atoms with Crippen molar-refractivity contribution in [2.45, 2.75) is 47.5 Å². The number of rotatable bonds is 4. The average molecular weight is 340 g/mol. The number of hydrogen-bond acceptors (Lipinski definition) is 6. The SMILES string of the molecule is N#Cc1coc(Sc2ccc(C(=O)N[C@@H]3C[C@H]4CC[C@@H]3N4)cc2)n1. The number of oxazole rings is 1. The van der Waals surface area contributed by atoms with E-state index in [0.29, 0.717) is 22.9 Å². The lowest BCUT2D eigenvalue weighted by atomic mass is 9.95. The molecule has 2 bridgehead atoms. The van der Waals surface area contributed by atoms with Crippen LogP contribution in [0.25, 0.3) is 0 Å². The van der Waals surface area contributed by atoms with Gasteiger partial charge in [-0.2, -0.15) is 10.2 Å². The van der Waals surface area contributed by atoms with Crippen LogP contribution in [0.2, 0.25) is 0 Å². The molecular formula is C17H16N4O2S. The fourth-order valence-corrected chi connectivity index (χ4v) is 4.08. The summed E-state index contributed by atoms with van der Waals surface area (Å²) in [6.07, 6.45) is 4.71. The second kappa shape index (κ2) is 6.30. The lowest BCUT2D eigenvalue weighted by Crippen LogP contribution is -2.42. The molecule has 2 fully saturated rings. The quantitative estimate of drug-likeness (QED) is 0.887. The molecule has 2 aliphatic heterocycles. The minimum atomic E-state index is -0.0335. The minimum Gasteiger partial charge on any atom is -0.438 e. The van der Waals surface area contributed by atoms with Crippen molar-refractivity contribution >= 4 is 17.7 Å². The van der Waals surface area contributed by atoms with Gasteiger partial charge in [0.1, 0.15) is 12.3 Å². The summed E-state index contributed by atoms with van der Waals surface area (Å²) in [4.78, 5) is 17.3. The molecule has 0 saturated carbocycles. The van der Waals surface area contributed by atoms with Gasteiger partial charge in [0.2, 0.25) is 0 Å². The van der Waals surface area contributed by atoms with Gasteiger partial charge in [0, 0.05) is 28.6 Å². The predicted octanol–water partition coefficient (Wildman–Crippen LogP) is 2.32. The van der Waals surface area contributed by atoms with Gasteiger partial charge in [-0.25, -0.2) is 0 Å². The van der Waals surface area contributed by atoms with E-state index in [-0.39, 0.29) is 17.6 Å². The Hall–Kier alpha value is -2.30. The number of carbonyl (C=O) groups excluding carboxylic acids is 1. The fourth-order valence-electron chi connectivity index (χ4n) is 3.37. The highest BCUT2D eigenvalue weighted by molar-refractivity contribution is 7.99. The van der Waals surface area contributed by atoms with E-state index in [4.69, 9.17) is 9.68 Å². The molecule has 4 rings (SSSR count). The van der Waals surface area contributed by atoms with Crippen LogP contribution in [-0.4, -0.2) is 29.0 Å². The van der Waals surface area contributed by atoms with Crippen LogP contribution in [0.15, 0.2) is 45.1 Å². The molecule has 0 aliphatic carbocycles. The lowest BCUT2D eigenvalue weighted by Gasteiger charge is -2.21. The van der Waals surface area contributed by atoms with Crippen LogP contribution < -0.4 is 10.6 Å². The third kappa shape index (κ3) is 3.03. The van der Waals surface area contributed by atoms with E-state index < -0.39 is 0 Å². The zero-order chi connectivity index (χ0) is 16.5. The normalized spacial score (nSPS) is 24.7. The number of benzene rings is 1. The highest BCUT2D eigenvalue weighted by atomic mass is 32.2. The van der Waals surface area contributed by atoms with Crippen molar-refractivity contribution in [1.82, 2.24) is 15.6 Å². The Morgan fingerprint density at radius 3 is 2.83 bits per heavy atom. The first kappa shape index (κ1) is 15.2. The van der Waals surface area contributed by atoms with Crippen LogP contribution >= 0.6 is 11.8 Å². The summed E-state index contributed by atoms with van der Waals surface area (Å²) in [5.41, 5.74) is 0.903. The number of nitrogens with zero attached hydrogens (tertiary/aromatic N) is 2. The molecule has 1 amide bonds. The second-order valence-electron chi connectivity index (χ2n) is 6.10. The molecule has 0 radical (unpaired) electrons. The summed E-state index contributed by atoms with van der Waals surface area (Å²) < 4.78 is 5.20. The largest absolute Gasteiger partial charge is 0.438 e. The highest BCUT2D eigenvalue weighted by Crippen LogP contribution is 2.29. The van der Waals surface area contributed by atoms with E-state index in [9.17, 15) is 4.79 Å². The van der Waals surface area contributed by atoms with Crippen LogP contribution in [0.3, 0.4) is 0 Å². The Bertz CT molecular complexity index is 796. The third-order valence-electron chi connectivity index (χ3n) is 4.54. The minimum absolute atomic E-state index is 0.0335. The average Bonchev–Trinajstić information content (AvgIpc) is 3.32. The first-order valence-electron chi connectivity index (χ1n) is 7.92. The summed E-state index contributed by atoms with van der Waals surface area (Å²) in [6, 6.07) is 10.5. The van der Waals surface area contributed by atoms with Gasteiger partial charge in [0.15, 0.2) is 5.69 Å². The summed E-state index contributed by atoms with van der Waals surface area (Å²) in [5.74, 6) is -0.0335. The van der Waals surface area contributed by atoms with Crippen molar-refractivity contribution < 1.29 is 9.21 Å². The molecule has 2 saturated heterocycles. The van der Waals surface area contributed by atoms with Crippen LogP contribution in [0.4, 0.5) is 0 Å². The summed E-state index contributed by atoms with van der Waals surface area (Å²) in [6.45, 7) is 0. The Morgan fingerprint density at radius 1 is 1.38 bits per heavy atom. The van der Waals surface area contributed by atoms with Gasteiger partial charge in [-0.1, -0.05) is 0 Å². The van der Waals surface area contributed by atoms with Gasteiger partial charge >= 0.3 is 0 Å². The zero-order valence-electron chi connectivity index (χ0n) is 12.9. The molecule has 0 unspecified atom stereocenters. The maximum absolute atomic E-state index is 12.4. The number of fused-ring (bicyclic) bond motifs is 2. The molecule has 24 heavy (non-hydrogen) atoms. The van der Waals surface area contributed by atoms with Crippen LogP contribution in [0.1, 0.15) is 35.3 Å². The van der Waals surface area contributed by atoms with E-state index in [1.807, 2.05) is 18.2 Å². The maximum Gasteiger partial charge on any atom is 0.261 e. The number of nitrogens with one attached hydrogen (secondary N) is 2. The van der Waals surface area contributed by atoms with Crippen LogP contribution in [0.5, 0.6) is 0 Å². The number of carbonyl (C=O) groups is 1. The molecule has 7 heteroatoms.